The van der Waals surface area contributed by atoms with Crippen LogP contribution in [-0.2, 0) is 18.1 Å². The zero-order valence-electron chi connectivity index (χ0n) is 11.0. The number of hydrogen-bond donors (Lipinski definition) is 0. The highest BCUT2D eigenvalue weighted by molar-refractivity contribution is 7.48. The average Bonchev–Trinajstić information content (AvgIpc) is 2.44. The van der Waals surface area contributed by atoms with Gasteiger partial charge >= 0.3 is 25.8 Å². The molecule has 12 heteroatoms. The Morgan fingerprint density at radius 1 is 1.14 bits per heavy atom. The molecule has 1 aliphatic heterocycles. The number of rotatable bonds is 4. The van der Waals surface area contributed by atoms with Crippen LogP contribution in [0.1, 0.15) is 20.8 Å². The van der Waals surface area contributed by atoms with E-state index in [9.17, 15) is 35.3 Å². The maximum atomic E-state index is 13.0. The van der Waals surface area contributed by atoms with Gasteiger partial charge in [0.2, 0.25) is 0 Å². The lowest BCUT2D eigenvalue weighted by Crippen LogP contribution is -2.54. The maximum Gasteiger partial charge on any atom is 0.475 e. The molecular formula is C9H12F7O4P. The molecule has 0 aromatic heterocycles. The molecule has 1 aliphatic rings. The summed E-state index contributed by atoms with van der Waals surface area (Å²) in [6, 6.07) is 0. The highest BCUT2D eigenvalue weighted by atomic mass is 31.2. The molecule has 0 spiro atoms. The van der Waals surface area contributed by atoms with Crippen molar-refractivity contribution in [3.63, 3.8) is 0 Å². The summed E-state index contributed by atoms with van der Waals surface area (Å²) >= 11 is 0. The first-order chi connectivity index (χ1) is 9.04. The normalized spacial score (nSPS) is 30.7. The molecule has 0 aromatic carbocycles. The predicted octanol–water partition coefficient (Wildman–Crippen LogP) is 4.16. The van der Waals surface area contributed by atoms with E-state index in [0.717, 1.165) is 0 Å². The third kappa shape index (κ3) is 3.52. The lowest BCUT2D eigenvalue weighted by molar-refractivity contribution is -0.358. The Hall–Kier alpha value is -0.380. The molecule has 126 valence electrons. The molecule has 1 fully saturated rings. The molecule has 0 bridgehead atoms. The van der Waals surface area contributed by atoms with Crippen LogP contribution in [0.25, 0.3) is 0 Å². The molecule has 2 unspecified atom stereocenters. The van der Waals surface area contributed by atoms with Gasteiger partial charge in [-0.2, -0.15) is 30.7 Å². The number of phosphoric acid groups is 1. The van der Waals surface area contributed by atoms with Crippen molar-refractivity contribution in [3.8, 4) is 0 Å². The smallest absolute Gasteiger partial charge is 0.281 e. The van der Waals surface area contributed by atoms with Crippen LogP contribution in [-0.4, -0.2) is 36.3 Å². The third-order valence-electron chi connectivity index (χ3n) is 2.83. The van der Waals surface area contributed by atoms with Crippen molar-refractivity contribution in [2.24, 2.45) is 0 Å². The highest BCUT2D eigenvalue weighted by Crippen LogP contribution is 2.61. The summed E-state index contributed by atoms with van der Waals surface area (Å²) in [7, 11) is -4.65. The zero-order valence-corrected chi connectivity index (χ0v) is 11.9. The van der Waals surface area contributed by atoms with E-state index in [1.807, 2.05) is 0 Å². The van der Waals surface area contributed by atoms with Gasteiger partial charge in [-0.15, -0.1) is 0 Å². The second-order valence-corrected chi connectivity index (χ2v) is 6.49. The molecule has 0 amide bonds. The molecule has 2 atom stereocenters. The van der Waals surface area contributed by atoms with Crippen molar-refractivity contribution in [2.45, 2.75) is 50.5 Å². The molecule has 0 aliphatic carbocycles. The van der Waals surface area contributed by atoms with Gasteiger partial charge in [0.05, 0.1) is 6.10 Å². The summed E-state index contributed by atoms with van der Waals surface area (Å²) in [6.07, 6.45) is -7.39. The fraction of sp³-hybridized carbons (Fsp3) is 1.00. The summed E-state index contributed by atoms with van der Waals surface area (Å²) in [5.41, 5.74) is -1.24. The second kappa shape index (κ2) is 5.07. The minimum Gasteiger partial charge on any atom is -0.281 e. The number of phosphoric ester groups is 1. The highest BCUT2D eigenvalue weighted by Gasteiger charge is 2.73. The Balaban J connectivity index is 2.82. The van der Waals surface area contributed by atoms with Crippen molar-refractivity contribution < 1.29 is 48.9 Å². The summed E-state index contributed by atoms with van der Waals surface area (Å²) in [4.78, 5) is 0. The van der Waals surface area contributed by atoms with Gasteiger partial charge < -0.3 is 0 Å². The molecule has 0 N–H and O–H groups in total. The SMILES string of the molecule is CC1OP(=O)(OCC(F)(F)C(F)(F)C(F)(F)F)OC1(C)C. The zero-order chi connectivity index (χ0) is 16.9. The standard InChI is InChI=1S/C9H12F7O4P/c1-5-6(2,3)20-21(17,19-5)18-4-7(10,11)8(12,13)9(14,15)16/h5H,4H2,1-3H3. The molecule has 0 saturated carbocycles. The number of hydrogen-bond acceptors (Lipinski definition) is 4. The van der Waals surface area contributed by atoms with Gasteiger partial charge in [0.15, 0.2) is 0 Å². The Morgan fingerprint density at radius 2 is 1.62 bits per heavy atom. The Kier molecular flexibility index (Phi) is 4.51. The van der Waals surface area contributed by atoms with E-state index < -0.39 is 44.2 Å². The van der Waals surface area contributed by atoms with E-state index in [4.69, 9.17) is 4.52 Å². The summed E-state index contributed by atoms with van der Waals surface area (Å²) < 4.78 is 112. The molecule has 0 aromatic rings. The van der Waals surface area contributed by atoms with Crippen LogP contribution in [0.4, 0.5) is 30.7 Å². The van der Waals surface area contributed by atoms with E-state index in [1.165, 1.54) is 20.8 Å². The van der Waals surface area contributed by atoms with Crippen LogP contribution in [0.2, 0.25) is 0 Å². The molecule has 1 heterocycles. The first kappa shape index (κ1) is 18.7. The van der Waals surface area contributed by atoms with Crippen LogP contribution in [0, 0.1) is 0 Å². The summed E-state index contributed by atoms with van der Waals surface area (Å²) in [6.45, 7) is 1.57. The largest absolute Gasteiger partial charge is 0.475 e. The van der Waals surface area contributed by atoms with Gasteiger partial charge in [0, 0.05) is 0 Å². The second-order valence-electron chi connectivity index (χ2n) is 4.94. The lowest BCUT2D eigenvalue weighted by Gasteiger charge is -2.28. The van der Waals surface area contributed by atoms with E-state index in [1.54, 1.807) is 0 Å². The third-order valence-corrected chi connectivity index (χ3v) is 4.55. The van der Waals surface area contributed by atoms with E-state index in [0.29, 0.717) is 0 Å². The number of halogens is 7. The maximum absolute atomic E-state index is 13.0. The van der Waals surface area contributed by atoms with Crippen molar-refractivity contribution in [2.75, 3.05) is 6.61 Å². The fourth-order valence-electron chi connectivity index (χ4n) is 1.22. The van der Waals surface area contributed by atoms with Crippen molar-refractivity contribution >= 4 is 7.82 Å². The van der Waals surface area contributed by atoms with Crippen LogP contribution in [0.3, 0.4) is 0 Å². The Morgan fingerprint density at radius 3 is 1.95 bits per heavy atom. The minimum absolute atomic E-state index is 0.903. The first-order valence-electron chi connectivity index (χ1n) is 5.50. The van der Waals surface area contributed by atoms with E-state index in [2.05, 4.69) is 9.05 Å². The molecule has 1 saturated heterocycles. The predicted molar refractivity (Wildman–Crippen MR) is 55.2 cm³/mol. The van der Waals surface area contributed by atoms with Gasteiger partial charge in [-0.25, -0.2) is 4.57 Å². The van der Waals surface area contributed by atoms with Crippen molar-refractivity contribution in [1.29, 1.82) is 0 Å². The van der Waals surface area contributed by atoms with Gasteiger partial charge in [-0.05, 0) is 20.8 Å². The molecule has 21 heavy (non-hydrogen) atoms. The van der Waals surface area contributed by atoms with Crippen LogP contribution >= 0.6 is 7.82 Å². The van der Waals surface area contributed by atoms with Gasteiger partial charge in [0.1, 0.15) is 12.2 Å². The summed E-state index contributed by atoms with van der Waals surface area (Å²) in [5.74, 6) is -12.0. The monoisotopic (exact) mass is 348 g/mol. The van der Waals surface area contributed by atoms with Gasteiger partial charge in [-0.1, -0.05) is 0 Å². The molecule has 1 rings (SSSR count). The van der Waals surface area contributed by atoms with Crippen molar-refractivity contribution in [1.82, 2.24) is 0 Å². The molecule has 4 nitrogen and oxygen atoms in total. The van der Waals surface area contributed by atoms with Gasteiger partial charge in [0.25, 0.3) is 0 Å². The molecule has 0 radical (unpaired) electrons. The fourth-order valence-corrected chi connectivity index (χ4v) is 3.06. The minimum atomic E-state index is -6.49. The quantitative estimate of drug-likeness (QED) is 0.565. The van der Waals surface area contributed by atoms with Crippen molar-refractivity contribution in [3.05, 3.63) is 0 Å². The number of alkyl halides is 7. The van der Waals surface area contributed by atoms with Crippen LogP contribution in [0.15, 0.2) is 0 Å². The lowest BCUT2D eigenvalue weighted by atomic mass is 10.0. The average molecular weight is 348 g/mol. The van der Waals surface area contributed by atoms with Crippen LogP contribution < -0.4 is 0 Å². The Labute approximate surface area is 115 Å². The molecular weight excluding hydrogens is 336 g/mol. The van der Waals surface area contributed by atoms with Gasteiger partial charge in [-0.3, -0.25) is 13.6 Å². The Bertz CT molecular complexity index is 448. The first-order valence-corrected chi connectivity index (χ1v) is 6.96. The van der Waals surface area contributed by atoms with Crippen LogP contribution in [0.5, 0.6) is 0 Å². The van der Waals surface area contributed by atoms with E-state index >= 15 is 0 Å². The summed E-state index contributed by atoms with van der Waals surface area (Å²) in [5, 5.41) is 0. The van der Waals surface area contributed by atoms with E-state index in [-0.39, 0.29) is 0 Å². The topological polar surface area (TPSA) is 44.8 Å².